The van der Waals surface area contributed by atoms with Gasteiger partial charge in [0.15, 0.2) is 0 Å². The van der Waals surface area contributed by atoms with Gasteiger partial charge in [-0.25, -0.2) is 0 Å². The molecule has 1 aliphatic rings. The molecule has 0 radical (unpaired) electrons. The Balaban J connectivity index is 2.31. The van der Waals surface area contributed by atoms with Crippen LogP contribution in [0.5, 0.6) is 5.75 Å². The highest BCUT2D eigenvalue weighted by Gasteiger charge is 2.30. The van der Waals surface area contributed by atoms with Crippen LogP contribution in [-0.2, 0) is 19.2 Å². The first kappa shape index (κ1) is 28.8. The van der Waals surface area contributed by atoms with Crippen molar-refractivity contribution in [2.45, 2.75) is 64.6 Å². The molecular weight excluding hydrogens is 464 g/mol. The molecule has 10 heteroatoms. The molecule has 0 unspecified atom stereocenters. The SMILES string of the molecule is CCC[C@@H]1NC(=O)[C@@H](C(C)C)NC(=O)[C@@H](CCC(=O)O)NCCOc2ccccc2/C=C/CNC1=O. The number of aliphatic carboxylic acids is 1. The van der Waals surface area contributed by atoms with Crippen LogP contribution < -0.4 is 26.0 Å². The molecule has 1 aromatic carbocycles. The molecular formula is C26H38N4O6. The maximum absolute atomic E-state index is 13.1. The van der Waals surface area contributed by atoms with Gasteiger partial charge in [-0.15, -0.1) is 0 Å². The van der Waals surface area contributed by atoms with Gasteiger partial charge >= 0.3 is 5.97 Å². The quantitative estimate of drug-likeness (QED) is 0.396. The molecule has 3 atom stereocenters. The first-order chi connectivity index (χ1) is 17.2. The second-order valence-electron chi connectivity index (χ2n) is 9.05. The number of amides is 3. The minimum absolute atomic E-state index is 0.0494. The number of para-hydroxylation sites is 1. The lowest BCUT2D eigenvalue weighted by atomic mass is 10.0. The first-order valence-corrected chi connectivity index (χ1v) is 12.4. The Bertz CT molecular complexity index is 933. The minimum Gasteiger partial charge on any atom is -0.492 e. The molecule has 198 valence electrons. The molecule has 0 saturated heterocycles. The van der Waals surface area contributed by atoms with Crippen LogP contribution in [-0.4, -0.2) is 66.6 Å². The Labute approximate surface area is 212 Å². The highest BCUT2D eigenvalue weighted by Crippen LogP contribution is 2.19. The minimum atomic E-state index is -1.02. The Hall–Kier alpha value is -3.40. The lowest BCUT2D eigenvalue weighted by Gasteiger charge is -2.27. The molecule has 2 rings (SSSR count). The molecule has 0 aliphatic carbocycles. The predicted molar refractivity (Wildman–Crippen MR) is 136 cm³/mol. The molecule has 5 N–H and O–H groups in total. The van der Waals surface area contributed by atoms with E-state index in [4.69, 9.17) is 9.84 Å². The van der Waals surface area contributed by atoms with Crippen LogP contribution in [0.4, 0.5) is 0 Å². The summed E-state index contributed by atoms with van der Waals surface area (Å²) < 4.78 is 5.88. The van der Waals surface area contributed by atoms with E-state index in [0.717, 1.165) is 5.56 Å². The monoisotopic (exact) mass is 502 g/mol. The van der Waals surface area contributed by atoms with E-state index in [2.05, 4.69) is 21.3 Å². The molecule has 0 saturated carbocycles. The standard InChI is InChI=1S/C26H38N4O6/c1-4-8-20-24(33)28-14-7-10-18-9-5-6-11-21(18)36-16-15-27-19(12-13-22(31)32)25(34)30-23(17(2)3)26(35)29-20/h5-7,9-11,17,19-20,23,27H,4,8,12-16H2,1-3H3,(H,28,33)(H,29,35)(H,30,34)(H,31,32)/b10-7+/t19-,20+,23-/m1/s1. The van der Waals surface area contributed by atoms with Gasteiger partial charge in [-0.2, -0.15) is 0 Å². The molecule has 0 spiro atoms. The van der Waals surface area contributed by atoms with E-state index in [1.165, 1.54) is 0 Å². The highest BCUT2D eigenvalue weighted by atomic mass is 16.5. The maximum atomic E-state index is 13.1. The molecule has 36 heavy (non-hydrogen) atoms. The van der Waals surface area contributed by atoms with E-state index >= 15 is 0 Å². The van der Waals surface area contributed by atoms with Gasteiger partial charge < -0.3 is 31.1 Å². The van der Waals surface area contributed by atoms with Crippen molar-refractivity contribution in [1.82, 2.24) is 21.3 Å². The number of ether oxygens (including phenoxy) is 1. The Morgan fingerprint density at radius 1 is 1.06 bits per heavy atom. The Morgan fingerprint density at radius 2 is 1.81 bits per heavy atom. The van der Waals surface area contributed by atoms with Crippen molar-refractivity contribution >= 4 is 29.8 Å². The summed E-state index contributed by atoms with van der Waals surface area (Å²) >= 11 is 0. The third-order valence-electron chi connectivity index (χ3n) is 5.78. The van der Waals surface area contributed by atoms with Crippen molar-refractivity contribution in [3.05, 3.63) is 35.9 Å². The lowest BCUT2D eigenvalue weighted by Crippen LogP contribution is -2.58. The predicted octanol–water partition coefficient (Wildman–Crippen LogP) is 1.46. The fraction of sp³-hybridized carbons (Fsp3) is 0.538. The number of benzene rings is 1. The fourth-order valence-corrected chi connectivity index (χ4v) is 3.81. The summed E-state index contributed by atoms with van der Waals surface area (Å²) in [4.78, 5) is 50.1. The Kier molecular flexibility index (Phi) is 11.9. The van der Waals surface area contributed by atoms with Gasteiger partial charge in [0.05, 0.1) is 6.04 Å². The van der Waals surface area contributed by atoms with E-state index < -0.39 is 35.9 Å². The zero-order valence-corrected chi connectivity index (χ0v) is 21.2. The first-order valence-electron chi connectivity index (χ1n) is 12.4. The van der Waals surface area contributed by atoms with E-state index in [1.807, 2.05) is 43.3 Å². The number of fused-ring (bicyclic) bond motifs is 1. The number of carboxylic acid groups (broad SMARTS) is 1. The summed E-state index contributed by atoms with van der Waals surface area (Å²) in [6.07, 6.45) is 4.62. The smallest absolute Gasteiger partial charge is 0.303 e. The molecule has 3 amide bonds. The molecule has 0 aromatic heterocycles. The lowest BCUT2D eigenvalue weighted by molar-refractivity contribution is -0.137. The zero-order chi connectivity index (χ0) is 26.5. The normalized spacial score (nSPS) is 23.2. The molecule has 1 heterocycles. The van der Waals surface area contributed by atoms with Crippen LogP contribution in [0.3, 0.4) is 0 Å². The van der Waals surface area contributed by atoms with E-state index in [1.54, 1.807) is 13.8 Å². The topological polar surface area (TPSA) is 146 Å². The second-order valence-corrected chi connectivity index (χ2v) is 9.05. The molecule has 10 nitrogen and oxygen atoms in total. The van der Waals surface area contributed by atoms with Crippen molar-refractivity contribution in [3.63, 3.8) is 0 Å². The van der Waals surface area contributed by atoms with Gasteiger partial charge in [0, 0.05) is 25.1 Å². The third kappa shape index (κ3) is 9.33. The summed E-state index contributed by atoms with van der Waals surface area (Å²) in [5, 5.41) is 20.5. The average molecular weight is 503 g/mol. The van der Waals surface area contributed by atoms with Crippen LogP contribution in [0.2, 0.25) is 0 Å². The zero-order valence-electron chi connectivity index (χ0n) is 21.2. The number of carbonyl (C=O) groups excluding carboxylic acids is 3. The van der Waals surface area contributed by atoms with Gasteiger partial charge in [-0.1, -0.05) is 57.5 Å². The van der Waals surface area contributed by atoms with Crippen LogP contribution in [0.25, 0.3) is 6.08 Å². The molecule has 1 aromatic rings. The van der Waals surface area contributed by atoms with Crippen molar-refractivity contribution < 1.29 is 29.0 Å². The highest BCUT2D eigenvalue weighted by molar-refractivity contribution is 5.93. The number of hydrogen-bond acceptors (Lipinski definition) is 6. The number of hydrogen-bond donors (Lipinski definition) is 5. The summed E-state index contributed by atoms with van der Waals surface area (Å²) in [5.74, 6) is -1.88. The number of carbonyl (C=O) groups is 4. The van der Waals surface area contributed by atoms with Crippen molar-refractivity contribution in [2.75, 3.05) is 19.7 Å². The largest absolute Gasteiger partial charge is 0.492 e. The summed E-state index contributed by atoms with van der Waals surface area (Å²) in [6.45, 7) is 6.32. The molecule has 1 aliphatic heterocycles. The van der Waals surface area contributed by atoms with Crippen molar-refractivity contribution in [3.8, 4) is 5.75 Å². The van der Waals surface area contributed by atoms with Gasteiger partial charge in [0.2, 0.25) is 17.7 Å². The number of nitrogens with one attached hydrogen (secondary N) is 4. The van der Waals surface area contributed by atoms with Crippen LogP contribution in [0.15, 0.2) is 30.3 Å². The summed E-state index contributed by atoms with van der Waals surface area (Å²) in [7, 11) is 0. The van der Waals surface area contributed by atoms with Gasteiger partial charge in [-0.3, -0.25) is 19.2 Å². The third-order valence-corrected chi connectivity index (χ3v) is 5.78. The average Bonchev–Trinajstić information content (AvgIpc) is 2.83. The van der Waals surface area contributed by atoms with Crippen LogP contribution in [0, 0.1) is 5.92 Å². The Morgan fingerprint density at radius 3 is 2.50 bits per heavy atom. The van der Waals surface area contributed by atoms with E-state index in [9.17, 15) is 19.2 Å². The fourth-order valence-electron chi connectivity index (χ4n) is 3.81. The van der Waals surface area contributed by atoms with E-state index in [-0.39, 0.29) is 37.8 Å². The second kappa shape index (κ2) is 14.9. The summed E-state index contributed by atoms with van der Waals surface area (Å²) in [5.41, 5.74) is 0.825. The van der Waals surface area contributed by atoms with Gasteiger partial charge in [0.25, 0.3) is 0 Å². The maximum Gasteiger partial charge on any atom is 0.303 e. The summed E-state index contributed by atoms with van der Waals surface area (Å²) in [6, 6.07) is 4.97. The van der Waals surface area contributed by atoms with Crippen molar-refractivity contribution in [1.29, 1.82) is 0 Å². The van der Waals surface area contributed by atoms with Crippen LogP contribution in [0.1, 0.15) is 52.0 Å². The number of rotatable bonds is 6. The molecule has 0 bridgehead atoms. The molecule has 0 fully saturated rings. The van der Waals surface area contributed by atoms with Crippen LogP contribution >= 0.6 is 0 Å². The van der Waals surface area contributed by atoms with Gasteiger partial charge in [0.1, 0.15) is 24.4 Å². The number of carboxylic acids is 1. The van der Waals surface area contributed by atoms with E-state index in [0.29, 0.717) is 25.1 Å². The van der Waals surface area contributed by atoms with Crippen molar-refractivity contribution in [2.24, 2.45) is 5.92 Å². The van der Waals surface area contributed by atoms with Gasteiger partial charge in [-0.05, 0) is 24.8 Å².